The SMILES string of the molecule is CCOc1cc(CNCc2ccccc2Cl)ccc1OC.Cl. The van der Waals surface area contributed by atoms with E-state index in [1.807, 2.05) is 49.4 Å². The summed E-state index contributed by atoms with van der Waals surface area (Å²) in [6, 6.07) is 13.8. The molecule has 2 aromatic carbocycles. The molecule has 0 heterocycles. The quantitative estimate of drug-likeness (QED) is 0.806. The molecule has 0 fully saturated rings. The lowest BCUT2D eigenvalue weighted by molar-refractivity contribution is 0.310. The third kappa shape index (κ3) is 5.09. The summed E-state index contributed by atoms with van der Waals surface area (Å²) in [5.74, 6) is 1.53. The summed E-state index contributed by atoms with van der Waals surface area (Å²) >= 11 is 6.14. The van der Waals surface area contributed by atoms with Crippen LogP contribution in [-0.4, -0.2) is 13.7 Å². The number of halogens is 2. The van der Waals surface area contributed by atoms with Gasteiger partial charge in [-0.25, -0.2) is 0 Å². The molecule has 0 atom stereocenters. The molecule has 0 aromatic heterocycles. The first-order chi connectivity index (χ1) is 10.2. The average molecular weight is 342 g/mol. The van der Waals surface area contributed by atoms with Gasteiger partial charge >= 0.3 is 0 Å². The van der Waals surface area contributed by atoms with Crippen LogP contribution < -0.4 is 14.8 Å². The molecule has 2 aromatic rings. The minimum Gasteiger partial charge on any atom is -0.493 e. The molecule has 0 amide bonds. The van der Waals surface area contributed by atoms with Gasteiger partial charge in [-0.1, -0.05) is 35.9 Å². The van der Waals surface area contributed by atoms with Crippen molar-refractivity contribution in [3.05, 3.63) is 58.6 Å². The van der Waals surface area contributed by atoms with Gasteiger partial charge in [0.05, 0.1) is 13.7 Å². The predicted molar refractivity (Wildman–Crippen MR) is 93.4 cm³/mol. The van der Waals surface area contributed by atoms with Crippen molar-refractivity contribution in [1.29, 1.82) is 0 Å². The fraction of sp³-hybridized carbons (Fsp3) is 0.294. The van der Waals surface area contributed by atoms with E-state index in [0.29, 0.717) is 6.61 Å². The standard InChI is InChI=1S/C17H20ClNO2.ClH/c1-3-21-17-10-13(8-9-16(17)20-2)11-19-12-14-6-4-5-7-15(14)18;/h4-10,19H,3,11-12H2,1-2H3;1H. The molecule has 0 spiro atoms. The molecule has 2 rings (SSSR count). The van der Waals surface area contributed by atoms with E-state index in [0.717, 1.165) is 40.7 Å². The van der Waals surface area contributed by atoms with Crippen LogP contribution in [0.1, 0.15) is 18.1 Å². The minimum absolute atomic E-state index is 0. The van der Waals surface area contributed by atoms with Gasteiger partial charge in [-0.05, 0) is 36.2 Å². The van der Waals surface area contributed by atoms with Gasteiger partial charge in [0.25, 0.3) is 0 Å². The Morgan fingerprint density at radius 1 is 1.05 bits per heavy atom. The van der Waals surface area contributed by atoms with Crippen molar-refractivity contribution in [2.75, 3.05) is 13.7 Å². The highest BCUT2D eigenvalue weighted by Gasteiger charge is 2.05. The Labute approximate surface area is 143 Å². The van der Waals surface area contributed by atoms with Gasteiger partial charge in [-0.3, -0.25) is 0 Å². The van der Waals surface area contributed by atoms with E-state index in [-0.39, 0.29) is 12.4 Å². The second-order valence-corrected chi connectivity index (χ2v) is 5.02. The van der Waals surface area contributed by atoms with Crippen LogP contribution in [0.3, 0.4) is 0 Å². The van der Waals surface area contributed by atoms with Crippen molar-refractivity contribution in [3.8, 4) is 11.5 Å². The van der Waals surface area contributed by atoms with Crippen molar-refractivity contribution in [2.24, 2.45) is 0 Å². The molecule has 0 unspecified atom stereocenters. The van der Waals surface area contributed by atoms with Crippen LogP contribution in [0.2, 0.25) is 5.02 Å². The van der Waals surface area contributed by atoms with Crippen LogP contribution in [-0.2, 0) is 13.1 Å². The maximum Gasteiger partial charge on any atom is 0.161 e. The number of nitrogens with one attached hydrogen (secondary N) is 1. The van der Waals surface area contributed by atoms with E-state index in [9.17, 15) is 0 Å². The van der Waals surface area contributed by atoms with Gasteiger partial charge in [-0.2, -0.15) is 0 Å². The van der Waals surface area contributed by atoms with Crippen LogP contribution >= 0.6 is 24.0 Å². The molecule has 3 nitrogen and oxygen atoms in total. The van der Waals surface area contributed by atoms with Crippen LogP contribution in [0.15, 0.2) is 42.5 Å². The monoisotopic (exact) mass is 341 g/mol. The first kappa shape index (κ1) is 18.6. The number of ether oxygens (including phenoxy) is 2. The number of benzene rings is 2. The fourth-order valence-corrected chi connectivity index (χ4v) is 2.29. The normalized spacial score (nSPS) is 9.95. The van der Waals surface area contributed by atoms with Gasteiger partial charge in [-0.15, -0.1) is 12.4 Å². The van der Waals surface area contributed by atoms with Crippen LogP contribution in [0.25, 0.3) is 0 Å². The minimum atomic E-state index is 0. The van der Waals surface area contributed by atoms with Crippen molar-refractivity contribution in [3.63, 3.8) is 0 Å². The Balaban J connectivity index is 0.00000242. The molecule has 0 aliphatic rings. The first-order valence-corrected chi connectivity index (χ1v) is 7.36. The Kier molecular flexibility index (Phi) is 8.10. The lowest BCUT2D eigenvalue weighted by Crippen LogP contribution is -2.13. The highest BCUT2D eigenvalue weighted by Crippen LogP contribution is 2.28. The van der Waals surface area contributed by atoms with E-state index < -0.39 is 0 Å². The molecule has 0 aliphatic heterocycles. The molecular formula is C17H21Cl2NO2. The van der Waals surface area contributed by atoms with Gasteiger partial charge in [0.1, 0.15) is 0 Å². The smallest absolute Gasteiger partial charge is 0.161 e. The fourth-order valence-electron chi connectivity index (χ4n) is 2.08. The molecule has 0 saturated heterocycles. The third-order valence-corrected chi connectivity index (χ3v) is 3.50. The first-order valence-electron chi connectivity index (χ1n) is 6.98. The maximum atomic E-state index is 6.14. The Morgan fingerprint density at radius 3 is 2.50 bits per heavy atom. The summed E-state index contributed by atoms with van der Waals surface area (Å²) in [7, 11) is 1.65. The summed E-state index contributed by atoms with van der Waals surface area (Å²) in [5.41, 5.74) is 2.24. The van der Waals surface area contributed by atoms with Crippen molar-refractivity contribution in [2.45, 2.75) is 20.0 Å². The molecule has 0 bridgehead atoms. The van der Waals surface area contributed by atoms with Crippen molar-refractivity contribution in [1.82, 2.24) is 5.32 Å². The van der Waals surface area contributed by atoms with E-state index in [2.05, 4.69) is 5.32 Å². The number of hydrogen-bond acceptors (Lipinski definition) is 3. The summed E-state index contributed by atoms with van der Waals surface area (Å²) < 4.78 is 10.9. The summed E-state index contributed by atoms with van der Waals surface area (Å²) in [5, 5.41) is 4.17. The highest BCUT2D eigenvalue weighted by molar-refractivity contribution is 6.31. The zero-order chi connectivity index (χ0) is 15.1. The number of hydrogen-bond donors (Lipinski definition) is 1. The zero-order valence-electron chi connectivity index (χ0n) is 12.8. The highest BCUT2D eigenvalue weighted by atomic mass is 35.5. The Bertz CT molecular complexity index is 591. The molecule has 120 valence electrons. The van der Waals surface area contributed by atoms with E-state index in [4.69, 9.17) is 21.1 Å². The van der Waals surface area contributed by atoms with Crippen LogP contribution in [0, 0.1) is 0 Å². The van der Waals surface area contributed by atoms with E-state index >= 15 is 0 Å². The summed E-state index contributed by atoms with van der Waals surface area (Å²) in [6.45, 7) is 4.06. The Morgan fingerprint density at radius 2 is 1.82 bits per heavy atom. The topological polar surface area (TPSA) is 30.5 Å². The summed E-state index contributed by atoms with van der Waals surface area (Å²) in [6.07, 6.45) is 0. The lowest BCUT2D eigenvalue weighted by atomic mass is 10.2. The van der Waals surface area contributed by atoms with Crippen LogP contribution in [0.4, 0.5) is 0 Å². The molecule has 0 radical (unpaired) electrons. The maximum absolute atomic E-state index is 6.14. The van der Waals surface area contributed by atoms with Gasteiger partial charge in [0.15, 0.2) is 11.5 Å². The second-order valence-electron chi connectivity index (χ2n) is 4.61. The predicted octanol–water partition coefficient (Wildman–Crippen LogP) is 4.46. The molecule has 0 saturated carbocycles. The van der Waals surface area contributed by atoms with Crippen LogP contribution in [0.5, 0.6) is 11.5 Å². The van der Waals surface area contributed by atoms with Gasteiger partial charge < -0.3 is 14.8 Å². The number of rotatable bonds is 7. The molecule has 1 N–H and O–H groups in total. The molecule has 0 aliphatic carbocycles. The molecule has 22 heavy (non-hydrogen) atoms. The largest absolute Gasteiger partial charge is 0.493 e. The molecule has 5 heteroatoms. The third-order valence-electron chi connectivity index (χ3n) is 3.13. The molecular weight excluding hydrogens is 321 g/mol. The lowest BCUT2D eigenvalue weighted by Gasteiger charge is -2.12. The van der Waals surface area contributed by atoms with Crippen molar-refractivity contribution < 1.29 is 9.47 Å². The second kappa shape index (κ2) is 9.57. The van der Waals surface area contributed by atoms with E-state index in [1.165, 1.54) is 0 Å². The summed E-state index contributed by atoms with van der Waals surface area (Å²) in [4.78, 5) is 0. The van der Waals surface area contributed by atoms with Gasteiger partial charge in [0, 0.05) is 18.1 Å². The Hall–Kier alpha value is -1.42. The van der Waals surface area contributed by atoms with E-state index in [1.54, 1.807) is 7.11 Å². The zero-order valence-corrected chi connectivity index (χ0v) is 14.3. The number of methoxy groups -OCH3 is 1. The van der Waals surface area contributed by atoms with Crippen molar-refractivity contribution >= 4 is 24.0 Å². The average Bonchev–Trinajstić information content (AvgIpc) is 2.50. The van der Waals surface area contributed by atoms with Gasteiger partial charge in [0.2, 0.25) is 0 Å².